The summed E-state index contributed by atoms with van der Waals surface area (Å²) in [5.74, 6) is 0.979. The fourth-order valence-corrected chi connectivity index (χ4v) is 3.34. The molecule has 1 aromatic heterocycles. The molecule has 1 aliphatic rings. The van der Waals surface area contributed by atoms with E-state index in [0.29, 0.717) is 13.2 Å². The quantitative estimate of drug-likeness (QED) is 0.917. The Bertz CT molecular complexity index is 717. The van der Waals surface area contributed by atoms with Gasteiger partial charge in [0.1, 0.15) is 5.75 Å². The van der Waals surface area contributed by atoms with Crippen molar-refractivity contribution in [1.29, 1.82) is 0 Å². The van der Waals surface area contributed by atoms with Crippen LogP contribution in [0.3, 0.4) is 0 Å². The predicted molar refractivity (Wildman–Crippen MR) is 95.0 cm³/mol. The van der Waals surface area contributed by atoms with E-state index in [1.54, 1.807) is 7.05 Å². The maximum absolute atomic E-state index is 12.1. The first-order valence-corrected chi connectivity index (χ1v) is 8.69. The molecule has 1 N–H and O–H groups in total. The summed E-state index contributed by atoms with van der Waals surface area (Å²) in [6.45, 7) is 4.29. The SMILES string of the molecule is CCOc1ccc2nc(CN3CCCCC3C(=O)NC)ccc2c1. The highest BCUT2D eigenvalue weighted by atomic mass is 16.5. The Labute approximate surface area is 143 Å². The average molecular weight is 327 g/mol. The fourth-order valence-electron chi connectivity index (χ4n) is 3.34. The summed E-state index contributed by atoms with van der Waals surface area (Å²) in [5, 5.41) is 3.86. The van der Waals surface area contributed by atoms with Crippen molar-refractivity contribution in [3.8, 4) is 5.75 Å². The highest BCUT2D eigenvalue weighted by Gasteiger charge is 2.28. The number of likely N-dealkylation sites (N-methyl/N-ethyl adjacent to an activating group) is 1. The highest BCUT2D eigenvalue weighted by Crippen LogP contribution is 2.23. The summed E-state index contributed by atoms with van der Waals surface area (Å²) >= 11 is 0. The summed E-state index contributed by atoms with van der Waals surface area (Å²) < 4.78 is 5.54. The molecule has 1 unspecified atom stereocenters. The van der Waals surface area contributed by atoms with Gasteiger partial charge in [-0.05, 0) is 50.6 Å². The van der Waals surface area contributed by atoms with Gasteiger partial charge in [-0.15, -0.1) is 0 Å². The maximum atomic E-state index is 12.1. The van der Waals surface area contributed by atoms with Gasteiger partial charge in [-0.1, -0.05) is 12.5 Å². The molecule has 1 atom stereocenters. The number of aromatic nitrogens is 1. The van der Waals surface area contributed by atoms with Crippen molar-refractivity contribution in [1.82, 2.24) is 15.2 Å². The molecule has 0 radical (unpaired) electrons. The Morgan fingerprint density at radius 3 is 3.00 bits per heavy atom. The monoisotopic (exact) mass is 327 g/mol. The van der Waals surface area contributed by atoms with Gasteiger partial charge < -0.3 is 10.1 Å². The van der Waals surface area contributed by atoms with Gasteiger partial charge in [0, 0.05) is 19.0 Å². The number of nitrogens with one attached hydrogen (secondary N) is 1. The largest absolute Gasteiger partial charge is 0.494 e. The van der Waals surface area contributed by atoms with Crippen molar-refractivity contribution < 1.29 is 9.53 Å². The number of nitrogens with zero attached hydrogens (tertiary/aromatic N) is 2. The van der Waals surface area contributed by atoms with Crippen LogP contribution in [0.2, 0.25) is 0 Å². The van der Waals surface area contributed by atoms with E-state index in [2.05, 4.69) is 16.3 Å². The number of fused-ring (bicyclic) bond motifs is 1. The third kappa shape index (κ3) is 3.67. The molecule has 0 saturated carbocycles. The second-order valence-electron chi connectivity index (χ2n) is 6.19. The lowest BCUT2D eigenvalue weighted by Crippen LogP contribution is -2.48. The zero-order chi connectivity index (χ0) is 16.9. The van der Waals surface area contributed by atoms with Crippen LogP contribution in [-0.4, -0.2) is 42.0 Å². The molecule has 5 nitrogen and oxygen atoms in total. The number of benzene rings is 1. The van der Waals surface area contributed by atoms with Gasteiger partial charge in [0.25, 0.3) is 0 Å². The average Bonchev–Trinajstić information content (AvgIpc) is 2.62. The number of carbonyl (C=O) groups excluding carboxylic acids is 1. The van der Waals surface area contributed by atoms with E-state index in [1.807, 2.05) is 31.2 Å². The minimum Gasteiger partial charge on any atom is -0.494 e. The molecule has 0 bridgehead atoms. The molecule has 1 amide bonds. The van der Waals surface area contributed by atoms with E-state index in [0.717, 1.165) is 48.2 Å². The van der Waals surface area contributed by atoms with Gasteiger partial charge in [-0.2, -0.15) is 0 Å². The zero-order valence-corrected chi connectivity index (χ0v) is 14.4. The van der Waals surface area contributed by atoms with E-state index >= 15 is 0 Å². The lowest BCUT2D eigenvalue weighted by molar-refractivity contribution is -0.127. The van der Waals surface area contributed by atoms with E-state index in [-0.39, 0.29) is 11.9 Å². The lowest BCUT2D eigenvalue weighted by Gasteiger charge is -2.34. The van der Waals surface area contributed by atoms with Gasteiger partial charge in [-0.25, -0.2) is 0 Å². The molecule has 3 rings (SSSR count). The molecule has 128 valence electrons. The van der Waals surface area contributed by atoms with Gasteiger partial charge >= 0.3 is 0 Å². The summed E-state index contributed by atoms with van der Waals surface area (Å²) in [5.41, 5.74) is 1.96. The van der Waals surface area contributed by atoms with Crippen LogP contribution in [0.4, 0.5) is 0 Å². The van der Waals surface area contributed by atoms with Crippen molar-refractivity contribution in [2.24, 2.45) is 0 Å². The third-order valence-corrected chi connectivity index (χ3v) is 4.56. The molecule has 5 heteroatoms. The molecule has 0 spiro atoms. The van der Waals surface area contributed by atoms with Crippen LogP contribution >= 0.6 is 0 Å². The number of ether oxygens (including phenoxy) is 1. The van der Waals surface area contributed by atoms with E-state index in [9.17, 15) is 4.79 Å². The number of carbonyl (C=O) groups is 1. The standard InChI is InChI=1S/C19H25N3O2/c1-3-24-16-9-10-17-14(12-16)7-8-15(21-17)13-22-11-5-4-6-18(22)19(23)20-2/h7-10,12,18H,3-6,11,13H2,1-2H3,(H,20,23). The van der Waals surface area contributed by atoms with Crippen LogP contribution < -0.4 is 10.1 Å². The number of amides is 1. The molecule has 0 aliphatic carbocycles. The van der Waals surface area contributed by atoms with E-state index < -0.39 is 0 Å². The topological polar surface area (TPSA) is 54.5 Å². The first-order valence-electron chi connectivity index (χ1n) is 8.69. The number of likely N-dealkylation sites (tertiary alicyclic amines) is 1. The summed E-state index contributed by atoms with van der Waals surface area (Å²) in [4.78, 5) is 19.1. The fraction of sp³-hybridized carbons (Fsp3) is 0.474. The Morgan fingerprint density at radius 2 is 2.21 bits per heavy atom. The van der Waals surface area contributed by atoms with Crippen molar-refractivity contribution in [3.05, 3.63) is 36.0 Å². The molecular formula is C19H25N3O2. The number of pyridine rings is 1. The van der Waals surface area contributed by atoms with Crippen LogP contribution in [0.25, 0.3) is 10.9 Å². The van der Waals surface area contributed by atoms with E-state index in [1.165, 1.54) is 0 Å². The summed E-state index contributed by atoms with van der Waals surface area (Å²) in [6.07, 6.45) is 3.17. The molecular weight excluding hydrogens is 302 g/mol. The lowest BCUT2D eigenvalue weighted by atomic mass is 10.0. The van der Waals surface area contributed by atoms with Crippen LogP contribution in [0, 0.1) is 0 Å². The highest BCUT2D eigenvalue weighted by molar-refractivity contribution is 5.82. The minimum absolute atomic E-state index is 0.0402. The first kappa shape index (κ1) is 16.7. The molecule has 1 saturated heterocycles. The Morgan fingerprint density at radius 1 is 1.33 bits per heavy atom. The maximum Gasteiger partial charge on any atom is 0.237 e. The Hall–Kier alpha value is -2.14. The Kier molecular flexibility index (Phi) is 5.30. The third-order valence-electron chi connectivity index (χ3n) is 4.56. The number of piperidine rings is 1. The number of hydrogen-bond donors (Lipinski definition) is 1. The minimum atomic E-state index is -0.0402. The van der Waals surface area contributed by atoms with Crippen LogP contribution in [0.1, 0.15) is 31.9 Å². The molecule has 1 aliphatic heterocycles. The number of hydrogen-bond acceptors (Lipinski definition) is 4. The molecule has 1 aromatic carbocycles. The summed E-state index contributed by atoms with van der Waals surface area (Å²) in [7, 11) is 1.71. The normalized spacial score (nSPS) is 18.5. The predicted octanol–water partition coefficient (Wildman–Crippen LogP) is 2.73. The first-order chi connectivity index (χ1) is 11.7. The Balaban J connectivity index is 1.78. The van der Waals surface area contributed by atoms with Gasteiger partial charge in [0.2, 0.25) is 5.91 Å². The van der Waals surface area contributed by atoms with Crippen molar-refractivity contribution in [3.63, 3.8) is 0 Å². The number of rotatable bonds is 5. The van der Waals surface area contributed by atoms with Gasteiger partial charge in [0.15, 0.2) is 0 Å². The van der Waals surface area contributed by atoms with Crippen molar-refractivity contribution in [2.75, 3.05) is 20.2 Å². The molecule has 1 fully saturated rings. The van der Waals surface area contributed by atoms with Crippen molar-refractivity contribution >= 4 is 16.8 Å². The van der Waals surface area contributed by atoms with Gasteiger partial charge in [0.05, 0.1) is 23.9 Å². The van der Waals surface area contributed by atoms with Gasteiger partial charge in [-0.3, -0.25) is 14.7 Å². The van der Waals surface area contributed by atoms with E-state index in [4.69, 9.17) is 9.72 Å². The molecule has 2 aromatic rings. The molecule has 24 heavy (non-hydrogen) atoms. The van der Waals surface area contributed by atoms with Crippen LogP contribution in [0.5, 0.6) is 5.75 Å². The smallest absolute Gasteiger partial charge is 0.237 e. The second-order valence-corrected chi connectivity index (χ2v) is 6.19. The second kappa shape index (κ2) is 7.62. The van der Waals surface area contributed by atoms with Crippen molar-refractivity contribution in [2.45, 2.75) is 38.8 Å². The zero-order valence-electron chi connectivity index (χ0n) is 14.4. The summed E-state index contributed by atoms with van der Waals surface area (Å²) in [6, 6.07) is 10.1. The van der Waals surface area contributed by atoms with Crippen LogP contribution in [-0.2, 0) is 11.3 Å². The van der Waals surface area contributed by atoms with Crippen LogP contribution in [0.15, 0.2) is 30.3 Å². The molecule has 2 heterocycles.